The van der Waals surface area contributed by atoms with Crippen molar-refractivity contribution in [2.75, 3.05) is 7.11 Å². The Morgan fingerprint density at radius 1 is 1.17 bits per heavy atom. The summed E-state index contributed by atoms with van der Waals surface area (Å²) >= 11 is 0. The van der Waals surface area contributed by atoms with Crippen LogP contribution >= 0.6 is 0 Å². The van der Waals surface area contributed by atoms with Crippen molar-refractivity contribution in [2.24, 2.45) is 0 Å². The summed E-state index contributed by atoms with van der Waals surface area (Å²) in [5.41, 5.74) is 0. The predicted octanol–water partition coefficient (Wildman–Crippen LogP) is 4.20. The van der Waals surface area contributed by atoms with Crippen LogP contribution in [0.3, 0.4) is 0 Å². The van der Waals surface area contributed by atoms with Crippen LogP contribution in [-0.2, 0) is 4.74 Å². The first kappa shape index (κ1) is 16.8. The number of carbonyl (C=O) groups excluding carboxylic acids is 1. The quantitative estimate of drug-likeness (QED) is 0.442. The molecule has 0 fully saturated rings. The molecule has 0 aliphatic carbocycles. The smallest absolute Gasteiger partial charge is 0.407 e. The van der Waals surface area contributed by atoms with Gasteiger partial charge >= 0.3 is 6.09 Å². The Labute approximate surface area is 111 Å². The molecule has 1 N–H and O–H groups in total. The number of allylic oxidation sites excluding steroid dienone is 1. The zero-order valence-corrected chi connectivity index (χ0v) is 11.6. The fraction of sp³-hybridized carbons (Fsp3) is 0.667. The number of hydrogen-bond donors (Lipinski definition) is 1. The van der Waals surface area contributed by atoms with E-state index < -0.39 is 0 Å². The molecular formula is C15H27NO2. The van der Waals surface area contributed by atoms with E-state index in [1.807, 2.05) is 12.2 Å². The van der Waals surface area contributed by atoms with E-state index in [2.05, 4.69) is 23.2 Å². The minimum Gasteiger partial charge on any atom is -0.453 e. The maximum Gasteiger partial charge on any atom is 0.407 e. The van der Waals surface area contributed by atoms with Gasteiger partial charge in [-0.25, -0.2) is 4.79 Å². The van der Waals surface area contributed by atoms with Crippen LogP contribution in [0.1, 0.15) is 51.4 Å². The van der Waals surface area contributed by atoms with Crippen LogP contribution in [0.4, 0.5) is 4.79 Å². The summed E-state index contributed by atoms with van der Waals surface area (Å²) in [6, 6.07) is 0.156. The van der Waals surface area contributed by atoms with E-state index in [1.165, 1.54) is 32.8 Å². The number of carbonyl (C=O) groups is 1. The van der Waals surface area contributed by atoms with Gasteiger partial charge in [0.05, 0.1) is 7.11 Å². The fourth-order valence-corrected chi connectivity index (χ4v) is 1.89. The second kappa shape index (κ2) is 12.2. The maximum absolute atomic E-state index is 11.1. The van der Waals surface area contributed by atoms with E-state index in [1.54, 1.807) is 0 Å². The second-order valence-electron chi connectivity index (χ2n) is 4.49. The highest BCUT2D eigenvalue weighted by Crippen LogP contribution is 2.11. The Bertz CT molecular complexity index is 239. The van der Waals surface area contributed by atoms with Crippen molar-refractivity contribution in [1.29, 1.82) is 0 Å². The number of nitrogens with one attached hydrogen (secondary N) is 1. The lowest BCUT2D eigenvalue weighted by Crippen LogP contribution is -2.34. The van der Waals surface area contributed by atoms with Gasteiger partial charge in [-0.05, 0) is 25.7 Å². The highest BCUT2D eigenvalue weighted by atomic mass is 16.5. The molecule has 0 aromatic heterocycles. The Balaban J connectivity index is 3.60. The molecule has 0 aromatic rings. The van der Waals surface area contributed by atoms with Crippen molar-refractivity contribution in [3.05, 3.63) is 25.3 Å². The first-order chi connectivity index (χ1) is 8.74. The molecule has 0 unspecified atom stereocenters. The molecule has 0 aliphatic heterocycles. The normalized spacial score (nSPS) is 11.6. The Hall–Kier alpha value is -1.25. The maximum atomic E-state index is 11.1. The molecule has 0 saturated carbocycles. The second-order valence-corrected chi connectivity index (χ2v) is 4.49. The lowest BCUT2D eigenvalue weighted by atomic mass is 10.0. The molecule has 1 amide bonds. The number of ether oxygens (including phenoxy) is 1. The molecule has 0 saturated heterocycles. The third kappa shape index (κ3) is 9.94. The zero-order chi connectivity index (χ0) is 13.6. The highest BCUT2D eigenvalue weighted by molar-refractivity contribution is 5.67. The van der Waals surface area contributed by atoms with Gasteiger partial charge in [0.2, 0.25) is 0 Å². The molecule has 0 radical (unpaired) electrons. The van der Waals surface area contributed by atoms with Gasteiger partial charge in [-0.3, -0.25) is 0 Å². The summed E-state index contributed by atoms with van der Waals surface area (Å²) in [5, 5.41) is 2.83. The molecule has 18 heavy (non-hydrogen) atoms. The zero-order valence-electron chi connectivity index (χ0n) is 11.6. The molecule has 0 aliphatic rings. The van der Waals surface area contributed by atoms with E-state index in [4.69, 9.17) is 0 Å². The molecule has 0 bridgehead atoms. The molecule has 1 atom stereocenters. The van der Waals surface area contributed by atoms with E-state index in [-0.39, 0.29) is 12.1 Å². The number of unbranched alkanes of at least 4 members (excludes halogenated alkanes) is 5. The van der Waals surface area contributed by atoms with Crippen LogP contribution < -0.4 is 5.32 Å². The predicted molar refractivity (Wildman–Crippen MR) is 76.7 cm³/mol. The Morgan fingerprint density at radius 2 is 1.83 bits per heavy atom. The molecule has 0 heterocycles. The Kier molecular flexibility index (Phi) is 11.4. The molecule has 3 nitrogen and oxygen atoms in total. The van der Waals surface area contributed by atoms with E-state index in [0.29, 0.717) is 0 Å². The van der Waals surface area contributed by atoms with E-state index in [0.717, 1.165) is 25.7 Å². The largest absolute Gasteiger partial charge is 0.453 e. The lowest BCUT2D eigenvalue weighted by Gasteiger charge is -2.16. The third-order valence-corrected chi connectivity index (χ3v) is 2.92. The molecule has 3 heteroatoms. The monoisotopic (exact) mass is 253 g/mol. The summed E-state index contributed by atoms with van der Waals surface area (Å²) in [6.07, 6.45) is 12.5. The SMILES string of the molecule is C=CCCCCCCC[C@@H](CC=C)NC(=O)OC. The summed E-state index contributed by atoms with van der Waals surface area (Å²) in [5.74, 6) is 0. The van der Waals surface area contributed by atoms with Crippen molar-refractivity contribution in [2.45, 2.75) is 57.4 Å². The van der Waals surface area contributed by atoms with Crippen LogP contribution in [0.5, 0.6) is 0 Å². The van der Waals surface area contributed by atoms with Crippen LogP contribution in [-0.4, -0.2) is 19.2 Å². The average molecular weight is 253 g/mol. The van der Waals surface area contributed by atoms with Gasteiger partial charge in [0, 0.05) is 6.04 Å². The van der Waals surface area contributed by atoms with Crippen molar-refractivity contribution in [3.63, 3.8) is 0 Å². The summed E-state index contributed by atoms with van der Waals surface area (Å²) in [7, 11) is 1.39. The van der Waals surface area contributed by atoms with Crippen LogP contribution in [0, 0.1) is 0 Å². The van der Waals surface area contributed by atoms with Gasteiger partial charge in [-0.1, -0.05) is 37.8 Å². The molecule has 104 valence electrons. The molecule has 0 aromatic carbocycles. The van der Waals surface area contributed by atoms with Crippen molar-refractivity contribution in [3.8, 4) is 0 Å². The fourth-order valence-electron chi connectivity index (χ4n) is 1.89. The van der Waals surface area contributed by atoms with Crippen molar-refractivity contribution >= 4 is 6.09 Å². The molecule has 0 spiro atoms. The number of alkyl carbamates (subject to hydrolysis) is 1. The van der Waals surface area contributed by atoms with Gasteiger partial charge in [0.15, 0.2) is 0 Å². The number of amides is 1. The average Bonchev–Trinajstić information content (AvgIpc) is 2.37. The summed E-state index contributed by atoms with van der Waals surface area (Å²) in [6.45, 7) is 7.42. The van der Waals surface area contributed by atoms with Crippen LogP contribution in [0.2, 0.25) is 0 Å². The number of methoxy groups -OCH3 is 1. The first-order valence-electron chi connectivity index (χ1n) is 6.80. The van der Waals surface area contributed by atoms with Gasteiger partial charge in [-0.2, -0.15) is 0 Å². The van der Waals surface area contributed by atoms with E-state index >= 15 is 0 Å². The first-order valence-corrected chi connectivity index (χ1v) is 6.80. The molecular weight excluding hydrogens is 226 g/mol. The summed E-state index contributed by atoms with van der Waals surface area (Å²) in [4.78, 5) is 11.1. The topological polar surface area (TPSA) is 38.3 Å². The minimum absolute atomic E-state index is 0.156. The van der Waals surface area contributed by atoms with Crippen LogP contribution in [0.15, 0.2) is 25.3 Å². The summed E-state index contributed by atoms with van der Waals surface area (Å²) < 4.78 is 4.61. The third-order valence-electron chi connectivity index (χ3n) is 2.92. The highest BCUT2D eigenvalue weighted by Gasteiger charge is 2.10. The van der Waals surface area contributed by atoms with Gasteiger partial charge in [-0.15, -0.1) is 13.2 Å². The number of rotatable bonds is 11. The standard InChI is InChI=1S/C15H27NO2/c1-4-6-7-8-9-10-11-13-14(12-5-2)16-15(17)18-3/h4-5,14H,1-2,6-13H2,3H3,(H,16,17)/t14-/m1/s1. The van der Waals surface area contributed by atoms with Gasteiger partial charge in [0.25, 0.3) is 0 Å². The molecule has 0 rings (SSSR count). The minimum atomic E-state index is -0.354. The van der Waals surface area contributed by atoms with E-state index in [9.17, 15) is 4.79 Å². The van der Waals surface area contributed by atoms with Crippen molar-refractivity contribution < 1.29 is 9.53 Å². The lowest BCUT2D eigenvalue weighted by molar-refractivity contribution is 0.165. The number of hydrogen-bond acceptors (Lipinski definition) is 2. The van der Waals surface area contributed by atoms with Gasteiger partial charge < -0.3 is 10.1 Å². The van der Waals surface area contributed by atoms with Crippen LogP contribution in [0.25, 0.3) is 0 Å². The Morgan fingerprint density at radius 3 is 2.44 bits per heavy atom. The van der Waals surface area contributed by atoms with Gasteiger partial charge in [0.1, 0.15) is 0 Å². The van der Waals surface area contributed by atoms with Crippen molar-refractivity contribution in [1.82, 2.24) is 5.32 Å².